The Hall–Kier alpha value is -1.51. The van der Waals surface area contributed by atoms with Crippen molar-refractivity contribution in [3.63, 3.8) is 0 Å². The number of hydrogen-bond donors (Lipinski definition) is 0. The first-order chi connectivity index (χ1) is 8.25. The molecule has 0 aliphatic heterocycles. The minimum absolute atomic E-state index is 0.543. The van der Waals surface area contributed by atoms with Crippen molar-refractivity contribution in [2.45, 2.75) is 0 Å². The lowest BCUT2D eigenvalue weighted by Crippen LogP contribution is -1.93. The average molecular weight is 263 g/mol. The summed E-state index contributed by atoms with van der Waals surface area (Å²) in [6.07, 6.45) is 3.74. The predicted octanol–water partition coefficient (Wildman–Crippen LogP) is 4.33. The number of fused-ring (bicyclic) bond motifs is 1. The number of aromatic nitrogens is 2. The Morgan fingerprint density at radius 3 is 2.71 bits per heavy atom. The molecule has 0 fully saturated rings. The van der Waals surface area contributed by atoms with Gasteiger partial charge < -0.3 is 4.57 Å². The number of benzene rings is 1. The molecular formula is C13H8Cl2N2. The molecule has 0 saturated carbocycles. The summed E-state index contributed by atoms with van der Waals surface area (Å²) in [6.45, 7) is 0. The van der Waals surface area contributed by atoms with Gasteiger partial charge in [0.25, 0.3) is 0 Å². The van der Waals surface area contributed by atoms with E-state index in [0.717, 1.165) is 16.7 Å². The first-order valence-electron chi connectivity index (χ1n) is 5.13. The first kappa shape index (κ1) is 10.6. The number of pyridine rings is 1. The lowest BCUT2D eigenvalue weighted by molar-refractivity contribution is 1.09. The monoisotopic (exact) mass is 262 g/mol. The van der Waals surface area contributed by atoms with Gasteiger partial charge in [0.1, 0.15) is 5.65 Å². The summed E-state index contributed by atoms with van der Waals surface area (Å²) >= 11 is 11.9. The van der Waals surface area contributed by atoms with Crippen molar-refractivity contribution in [3.05, 3.63) is 58.8 Å². The fraction of sp³-hybridized carbons (Fsp3) is 0. The van der Waals surface area contributed by atoms with Crippen molar-refractivity contribution in [3.8, 4) is 5.69 Å². The highest BCUT2D eigenvalue weighted by molar-refractivity contribution is 6.42. The van der Waals surface area contributed by atoms with E-state index in [4.69, 9.17) is 23.2 Å². The van der Waals surface area contributed by atoms with Crippen molar-refractivity contribution in [1.29, 1.82) is 0 Å². The van der Waals surface area contributed by atoms with E-state index in [1.54, 1.807) is 12.3 Å². The smallest absolute Gasteiger partial charge is 0.144 e. The van der Waals surface area contributed by atoms with Crippen LogP contribution in [0.25, 0.3) is 16.7 Å². The topological polar surface area (TPSA) is 17.8 Å². The summed E-state index contributed by atoms with van der Waals surface area (Å²) in [5.41, 5.74) is 1.86. The van der Waals surface area contributed by atoms with Gasteiger partial charge in [-0.15, -0.1) is 0 Å². The van der Waals surface area contributed by atoms with Crippen LogP contribution in [0.2, 0.25) is 10.0 Å². The van der Waals surface area contributed by atoms with Crippen molar-refractivity contribution in [1.82, 2.24) is 9.55 Å². The molecule has 0 saturated heterocycles. The Morgan fingerprint density at radius 1 is 1.00 bits per heavy atom. The Kier molecular flexibility index (Phi) is 2.54. The van der Waals surface area contributed by atoms with Gasteiger partial charge in [0.05, 0.1) is 10.0 Å². The van der Waals surface area contributed by atoms with Gasteiger partial charge >= 0.3 is 0 Å². The lowest BCUT2D eigenvalue weighted by atomic mass is 10.3. The normalized spacial score (nSPS) is 10.9. The zero-order chi connectivity index (χ0) is 11.8. The molecule has 1 aromatic carbocycles. The van der Waals surface area contributed by atoms with Crippen LogP contribution in [0.5, 0.6) is 0 Å². The molecule has 0 radical (unpaired) electrons. The van der Waals surface area contributed by atoms with Crippen LogP contribution < -0.4 is 0 Å². The Balaban J connectivity index is 2.24. The molecule has 0 spiro atoms. The predicted molar refractivity (Wildman–Crippen MR) is 71.1 cm³/mol. The molecule has 0 aliphatic rings. The third kappa shape index (κ3) is 1.79. The summed E-state index contributed by atoms with van der Waals surface area (Å²) in [7, 11) is 0. The summed E-state index contributed by atoms with van der Waals surface area (Å²) in [4.78, 5) is 4.36. The van der Waals surface area contributed by atoms with Crippen LogP contribution in [0.3, 0.4) is 0 Å². The summed E-state index contributed by atoms with van der Waals surface area (Å²) in [6, 6.07) is 11.5. The molecule has 0 atom stereocenters. The highest BCUT2D eigenvalue weighted by atomic mass is 35.5. The highest BCUT2D eigenvalue weighted by Crippen LogP contribution is 2.26. The standard InChI is InChI=1S/C13H8Cl2N2/c14-11-4-3-10(8-12(11)15)17-7-5-9-2-1-6-16-13(9)17/h1-8H. The molecule has 3 rings (SSSR count). The fourth-order valence-electron chi connectivity index (χ4n) is 1.81. The SMILES string of the molecule is Clc1ccc(-n2ccc3cccnc32)cc1Cl. The summed E-state index contributed by atoms with van der Waals surface area (Å²) in [5, 5.41) is 2.19. The summed E-state index contributed by atoms with van der Waals surface area (Å²) in [5.74, 6) is 0. The zero-order valence-electron chi connectivity index (χ0n) is 8.77. The van der Waals surface area contributed by atoms with Crippen LogP contribution in [0.15, 0.2) is 48.8 Å². The van der Waals surface area contributed by atoms with E-state index < -0.39 is 0 Å². The van der Waals surface area contributed by atoms with E-state index >= 15 is 0 Å². The molecule has 2 heterocycles. The van der Waals surface area contributed by atoms with Gasteiger partial charge in [-0.3, -0.25) is 0 Å². The molecule has 4 heteroatoms. The van der Waals surface area contributed by atoms with Crippen molar-refractivity contribution >= 4 is 34.2 Å². The van der Waals surface area contributed by atoms with Crippen molar-refractivity contribution < 1.29 is 0 Å². The van der Waals surface area contributed by atoms with Crippen LogP contribution in [0.1, 0.15) is 0 Å². The first-order valence-corrected chi connectivity index (χ1v) is 5.89. The van der Waals surface area contributed by atoms with E-state index in [2.05, 4.69) is 4.98 Å². The van der Waals surface area contributed by atoms with Gasteiger partial charge in [-0.25, -0.2) is 4.98 Å². The number of rotatable bonds is 1. The molecule has 17 heavy (non-hydrogen) atoms. The fourth-order valence-corrected chi connectivity index (χ4v) is 2.10. The van der Waals surface area contributed by atoms with Crippen LogP contribution >= 0.6 is 23.2 Å². The molecule has 3 aromatic rings. The Morgan fingerprint density at radius 2 is 1.88 bits per heavy atom. The van der Waals surface area contributed by atoms with Gasteiger partial charge in [-0.1, -0.05) is 23.2 Å². The van der Waals surface area contributed by atoms with Gasteiger partial charge in [-0.05, 0) is 36.4 Å². The van der Waals surface area contributed by atoms with E-state index in [-0.39, 0.29) is 0 Å². The second-order valence-corrected chi connectivity index (χ2v) is 4.51. The quantitative estimate of drug-likeness (QED) is 0.638. The van der Waals surface area contributed by atoms with Gasteiger partial charge in [0, 0.05) is 23.5 Å². The van der Waals surface area contributed by atoms with E-state index in [0.29, 0.717) is 10.0 Å². The van der Waals surface area contributed by atoms with E-state index in [1.807, 2.05) is 41.1 Å². The van der Waals surface area contributed by atoms with Crippen LogP contribution in [-0.2, 0) is 0 Å². The molecule has 0 amide bonds. The van der Waals surface area contributed by atoms with Crippen LogP contribution in [-0.4, -0.2) is 9.55 Å². The largest absolute Gasteiger partial charge is 0.301 e. The number of hydrogen-bond acceptors (Lipinski definition) is 1. The molecule has 2 aromatic heterocycles. The number of nitrogens with zero attached hydrogens (tertiary/aromatic N) is 2. The van der Waals surface area contributed by atoms with Gasteiger partial charge in [-0.2, -0.15) is 0 Å². The van der Waals surface area contributed by atoms with Crippen LogP contribution in [0.4, 0.5) is 0 Å². The minimum Gasteiger partial charge on any atom is -0.301 e. The highest BCUT2D eigenvalue weighted by Gasteiger charge is 2.05. The van der Waals surface area contributed by atoms with Crippen molar-refractivity contribution in [2.75, 3.05) is 0 Å². The second-order valence-electron chi connectivity index (χ2n) is 3.70. The molecule has 0 unspecified atom stereocenters. The average Bonchev–Trinajstić information content (AvgIpc) is 2.76. The summed E-state index contributed by atoms with van der Waals surface area (Å²) < 4.78 is 1.98. The number of halogens is 2. The third-order valence-corrected chi connectivity index (χ3v) is 3.37. The van der Waals surface area contributed by atoms with Gasteiger partial charge in [0.15, 0.2) is 0 Å². The van der Waals surface area contributed by atoms with E-state index in [1.165, 1.54) is 0 Å². The zero-order valence-corrected chi connectivity index (χ0v) is 10.3. The molecular weight excluding hydrogens is 255 g/mol. The second kappa shape index (κ2) is 4.06. The lowest BCUT2D eigenvalue weighted by Gasteiger charge is -2.05. The Labute approximate surface area is 108 Å². The maximum absolute atomic E-state index is 6.02. The molecule has 0 N–H and O–H groups in total. The van der Waals surface area contributed by atoms with Gasteiger partial charge in [0.2, 0.25) is 0 Å². The molecule has 84 valence electrons. The molecule has 0 bridgehead atoms. The van der Waals surface area contributed by atoms with Crippen LogP contribution in [0, 0.1) is 0 Å². The Bertz CT molecular complexity index is 689. The maximum atomic E-state index is 6.02. The van der Waals surface area contributed by atoms with E-state index in [9.17, 15) is 0 Å². The molecule has 2 nitrogen and oxygen atoms in total. The maximum Gasteiger partial charge on any atom is 0.144 e. The minimum atomic E-state index is 0.543. The third-order valence-electron chi connectivity index (χ3n) is 2.63. The molecule has 0 aliphatic carbocycles. The van der Waals surface area contributed by atoms with Crippen molar-refractivity contribution in [2.24, 2.45) is 0 Å².